The monoisotopic (exact) mass is 592 g/mol. The molecule has 5 rings (SSSR count). The van der Waals surface area contributed by atoms with Crippen LogP contribution in [0.4, 0.5) is 24.7 Å². The Balaban J connectivity index is 1.32. The number of nitrogens with zero attached hydrogens (tertiary/aromatic N) is 5. The van der Waals surface area contributed by atoms with Crippen molar-refractivity contribution in [3.63, 3.8) is 0 Å². The smallest absolute Gasteiger partial charge is 0.404 e. The molecule has 224 valence electrons. The Morgan fingerprint density at radius 1 is 1.02 bits per heavy atom. The fourth-order valence-electron chi connectivity index (χ4n) is 5.65. The molecular weight excluding hydrogens is 561 g/mol. The predicted molar refractivity (Wildman–Crippen MR) is 155 cm³/mol. The Bertz CT molecular complexity index is 1500. The van der Waals surface area contributed by atoms with Crippen molar-refractivity contribution in [2.45, 2.75) is 31.6 Å². The van der Waals surface area contributed by atoms with Gasteiger partial charge in [-0.05, 0) is 73.0 Å². The molecule has 3 aromatic rings. The minimum absolute atomic E-state index is 0.0120. The van der Waals surface area contributed by atoms with Gasteiger partial charge in [-0.2, -0.15) is 18.4 Å². The second kappa shape index (κ2) is 12.8. The van der Waals surface area contributed by atoms with E-state index >= 15 is 0 Å². The molecule has 9 nitrogen and oxygen atoms in total. The Hall–Kier alpha value is -4.47. The molecule has 0 spiro atoms. The van der Waals surface area contributed by atoms with E-state index < -0.39 is 24.1 Å². The summed E-state index contributed by atoms with van der Waals surface area (Å²) < 4.78 is 41.1. The molecule has 2 N–H and O–H groups in total. The van der Waals surface area contributed by atoms with Crippen LogP contribution in [0.2, 0.25) is 0 Å². The fourth-order valence-corrected chi connectivity index (χ4v) is 5.65. The lowest BCUT2D eigenvalue weighted by molar-refractivity contribution is -0.177. The number of carbonyl (C=O) groups excluding carboxylic acids is 1. The molecule has 3 heterocycles. The number of amides is 1. The highest BCUT2D eigenvalue weighted by Crippen LogP contribution is 2.35. The number of alkyl halides is 3. The van der Waals surface area contributed by atoms with Crippen molar-refractivity contribution in [1.82, 2.24) is 14.8 Å². The third kappa shape index (κ3) is 7.31. The summed E-state index contributed by atoms with van der Waals surface area (Å²) in [6.45, 7) is 2.94. The van der Waals surface area contributed by atoms with Gasteiger partial charge in [-0.25, -0.2) is 4.98 Å². The minimum atomic E-state index is -4.34. The predicted octanol–water partition coefficient (Wildman–Crippen LogP) is 4.61. The van der Waals surface area contributed by atoms with Gasteiger partial charge in [-0.3, -0.25) is 19.4 Å². The number of aliphatic carboxylic acids is 1. The van der Waals surface area contributed by atoms with E-state index in [-0.39, 0.29) is 25.3 Å². The zero-order chi connectivity index (χ0) is 30.6. The molecule has 2 aliphatic rings. The minimum Gasteiger partial charge on any atom is -0.480 e. The third-order valence-electron chi connectivity index (χ3n) is 7.90. The zero-order valence-electron chi connectivity index (χ0n) is 23.3. The van der Waals surface area contributed by atoms with E-state index in [1.165, 1.54) is 11.1 Å². The summed E-state index contributed by atoms with van der Waals surface area (Å²) in [5.74, 6) is -1.04. The lowest BCUT2D eigenvalue weighted by Gasteiger charge is -2.35. The number of benzene rings is 2. The molecular formula is C31H31F3N6O3. The summed E-state index contributed by atoms with van der Waals surface area (Å²) in [6.07, 6.45) is -2.32. The third-order valence-corrected chi connectivity index (χ3v) is 7.90. The second-order valence-electron chi connectivity index (χ2n) is 10.7. The highest BCUT2D eigenvalue weighted by Gasteiger charge is 2.45. The van der Waals surface area contributed by atoms with Crippen molar-refractivity contribution in [3.8, 4) is 17.2 Å². The SMILES string of the molecule is N#Cc1ccc(-c2cnc(NC(=O)c3ccc(N4CCN(CC(=O)O)CC4)cc3)cc2CN2CCC[C@H]2C(F)(F)F)cc1. The Labute approximate surface area is 247 Å². The normalized spacial score (nSPS) is 17.9. The van der Waals surface area contributed by atoms with Crippen LogP contribution in [0.3, 0.4) is 0 Å². The van der Waals surface area contributed by atoms with E-state index in [1.807, 2.05) is 17.0 Å². The number of nitrogens with one attached hydrogen (secondary N) is 1. The maximum absolute atomic E-state index is 13.7. The molecule has 0 bridgehead atoms. The number of carboxylic acid groups (broad SMARTS) is 1. The van der Waals surface area contributed by atoms with Gasteiger partial charge < -0.3 is 15.3 Å². The molecule has 2 fully saturated rings. The molecule has 0 unspecified atom stereocenters. The molecule has 12 heteroatoms. The first-order valence-electron chi connectivity index (χ1n) is 14.0. The maximum atomic E-state index is 13.7. The van der Waals surface area contributed by atoms with Crippen LogP contribution in [-0.2, 0) is 11.3 Å². The summed E-state index contributed by atoms with van der Waals surface area (Å²) in [5.41, 5.74) is 3.70. The van der Waals surface area contributed by atoms with E-state index in [4.69, 9.17) is 10.4 Å². The van der Waals surface area contributed by atoms with Crippen LogP contribution in [0, 0.1) is 11.3 Å². The number of aromatic nitrogens is 1. The van der Waals surface area contributed by atoms with Gasteiger partial charge in [0.2, 0.25) is 0 Å². The van der Waals surface area contributed by atoms with Crippen LogP contribution < -0.4 is 10.2 Å². The highest BCUT2D eigenvalue weighted by molar-refractivity contribution is 6.04. The van der Waals surface area contributed by atoms with Crippen molar-refractivity contribution >= 4 is 23.4 Å². The molecule has 1 aromatic heterocycles. The van der Waals surface area contributed by atoms with Crippen LogP contribution in [0.25, 0.3) is 11.1 Å². The van der Waals surface area contributed by atoms with Gasteiger partial charge in [0.15, 0.2) is 0 Å². The number of pyridine rings is 1. The van der Waals surface area contributed by atoms with Crippen LogP contribution in [0.5, 0.6) is 0 Å². The van der Waals surface area contributed by atoms with E-state index in [1.54, 1.807) is 42.5 Å². The molecule has 1 atom stereocenters. The largest absolute Gasteiger partial charge is 0.480 e. The van der Waals surface area contributed by atoms with Gasteiger partial charge in [-0.15, -0.1) is 0 Å². The van der Waals surface area contributed by atoms with E-state index in [2.05, 4.69) is 21.3 Å². The number of nitriles is 1. The Morgan fingerprint density at radius 3 is 2.35 bits per heavy atom. The molecule has 2 aromatic carbocycles. The van der Waals surface area contributed by atoms with Crippen molar-refractivity contribution in [2.75, 3.05) is 49.5 Å². The summed E-state index contributed by atoms with van der Waals surface area (Å²) in [6, 6.07) is 15.9. The number of carboxylic acids is 1. The quantitative estimate of drug-likeness (QED) is 0.390. The van der Waals surface area contributed by atoms with Crippen molar-refractivity contribution < 1.29 is 27.9 Å². The van der Waals surface area contributed by atoms with Crippen molar-refractivity contribution in [1.29, 1.82) is 5.26 Å². The van der Waals surface area contributed by atoms with Crippen LogP contribution >= 0.6 is 0 Å². The number of carbonyl (C=O) groups is 2. The number of hydrogen-bond acceptors (Lipinski definition) is 7. The van der Waals surface area contributed by atoms with Crippen molar-refractivity contribution in [2.24, 2.45) is 0 Å². The number of hydrogen-bond donors (Lipinski definition) is 2. The lowest BCUT2D eigenvalue weighted by Crippen LogP contribution is -2.47. The molecule has 2 aliphatic heterocycles. The first kappa shape index (κ1) is 30.0. The summed E-state index contributed by atoms with van der Waals surface area (Å²) >= 11 is 0. The molecule has 0 radical (unpaired) electrons. The first-order valence-corrected chi connectivity index (χ1v) is 14.0. The Kier molecular flexibility index (Phi) is 8.94. The van der Waals surface area contributed by atoms with Gasteiger partial charge in [-0.1, -0.05) is 12.1 Å². The summed E-state index contributed by atoms with van der Waals surface area (Å²) in [5, 5.41) is 20.9. The number of rotatable bonds is 8. The number of piperazine rings is 1. The molecule has 0 saturated carbocycles. The standard InChI is InChI=1S/C31H31F3N6O3/c32-31(33,34)27-2-1-11-40(27)19-24-16-28(36-18-26(24)22-5-3-21(17-35)4-6-22)37-30(43)23-7-9-25(10-8-23)39-14-12-38(13-15-39)20-29(41)42/h3-10,16,18,27H,1-2,11-15,19-20H2,(H,41,42)(H,36,37,43)/t27-/m0/s1. The lowest BCUT2D eigenvalue weighted by atomic mass is 10.00. The van der Waals surface area contributed by atoms with Crippen LogP contribution in [0.1, 0.15) is 34.3 Å². The van der Waals surface area contributed by atoms with E-state index in [0.717, 1.165) is 5.69 Å². The van der Waals surface area contributed by atoms with E-state index in [0.29, 0.717) is 67.0 Å². The topological polar surface area (TPSA) is 113 Å². The molecule has 43 heavy (non-hydrogen) atoms. The number of anilines is 2. The fraction of sp³-hybridized carbons (Fsp3) is 0.355. The van der Waals surface area contributed by atoms with Crippen molar-refractivity contribution in [3.05, 3.63) is 77.5 Å². The van der Waals surface area contributed by atoms with Gasteiger partial charge in [0.25, 0.3) is 5.91 Å². The molecule has 0 aliphatic carbocycles. The zero-order valence-corrected chi connectivity index (χ0v) is 23.3. The van der Waals surface area contributed by atoms with E-state index in [9.17, 15) is 22.8 Å². The average Bonchev–Trinajstić information content (AvgIpc) is 3.47. The Morgan fingerprint density at radius 2 is 1.72 bits per heavy atom. The second-order valence-corrected chi connectivity index (χ2v) is 10.7. The molecule has 1 amide bonds. The van der Waals surface area contributed by atoms with Gasteiger partial charge in [0, 0.05) is 55.7 Å². The van der Waals surface area contributed by atoms with Gasteiger partial charge in [0.1, 0.15) is 11.9 Å². The average molecular weight is 593 g/mol. The van der Waals surface area contributed by atoms with Gasteiger partial charge >= 0.3 is 12.1 Å². The van der Waals surface area contributed by atoms with Gasteiger partial charge in [0.05, 0.1) is 18.2 Å². The molecule has 2 saturated heterocycles. The number of likely N-dealkylation sites (tertiary alicyclic amines) is 1. The summed E-state index contributed by atoms with van der Waals surface area (Å²) in [7, 11) is 0. The van der Waals surface area contributed by atoms with Crippen LogP contribution in [0.15, 0.2) is 60.8 Å². The maximum Gasteiger partial charge on any atom is 0.404 e. The summed E-state index contributed by atoms with van der Waals surface area (Å²) in [4.78, 5) is 33.9. The van der Waals surface area contributed by atoms with Crippen LogP contribution in [-0.4, -0.2) is 83.3 Å². The highest BCUT2D eigenvalue weighted by atomic mass is 19.4. The number of halogens is 3. The first-order chi connectivity index (χ1) is 20.6.